The molecule has 174 valence electrons. The number of carbonyl (C=O) groups is 1. The van der Waals surface area contributed by atoms with Gasteiger partial charge in [0.15, 0.2) is 0 Å². The lowest BCUT2D eigenvalue weighted by Gasteiger charge is -2.23. The van der Waals surface area contributed by atoms with Crippen molar-refractivity contribution in [3.8, 4) is 0 Å². The molecule has 3 N–H and O–H groups in total. The first kappa shape index (κ1) is 23.4. The third kappa shape index (κ3) is 5.75. The first-order valence-corrected chi connectivity index (χ1v) is 11.9. The third-order valence-corrected chi connectivity index (χ3v) is 6.44. The molecule has 10 heteroatoms. The maximum absolute atomic E-state index is 13.6. The van der Waals surface area contributed by atoms with Crippen molar-refractivity contribution in [2.75, 3.05) is 5.32 Å². The minimum Gasteiger partial charge on any atom is -0.456 e. The Morgan fingerprint density at radius 1 is 0.794 bits per heavy atom. The standard InChI is InChI=1S/C24H19F3N3O3P/c25-24(26,27)19-12-7-13-20(14-19)28-23(31)29-30-34(32)15-21(17-8-3-1-4-9-17)33-22(16-34)18-10-5-2-6-11-18/h1-16H,(H,30,32)(H2,28,29,31). The fourth-order valence-electron chi connectivity index (χ4n) is 3.17. The second kappa shape index (κ2) is 9.59. The van der Waals surface area contributed by atoms with Crippen molar-refractivity contribution in [2.24, 2.45) is 0 Å². The largest absolute Gasteiger partial charge is 0.456 e. The quantitative estimate of drug-likeness (QED) is 0.280. The number of hydrogen-bond acceptors (Lipinski definition) is 3. The van der Waals surface area contributed by atoms with Crippen LogP contribution in [0.2, 0.25) is 0 Å². The number of amides is 2. The summed E-state index contributed by atoms with van der Waals surface area (Å²) in [4.78, 5) is 12.3. The highest BCUT2D eigenvalue weighted by atomic mass is 31.2. The van der Waals surface area contributed by atoms with Gasteiger partial charge in [0.1, 0.15) is 11.5 Å². The Morgan fingerprint density at radius 2 is 1.35 bits per heavy atom. The predicted molar refractivity (Wildman–Crippen MR) is 124 cm³/mol. The molecule has 1 heterocycles. The molecule has 0 saturated heterocycles. The summed E-state index contributed by atoms with van der Waals surface area (Å²) >= 11 is 0. The molecule has 6 nitrogen and oxygen atoms in total. The van der Waals surface area contributed by atoms with Gasteiger partial charge in [-0.25, -0.2) is 4.79 Å². The third-order valence-electron chi connectivity index (χ3n) is 4.75. The molecule has 0 saturated carbocycles. The molecular formula is C24H19F3N3O3P. The van der Waals surface area contributed by atoms with Crippen molar-refractivity contribution < 1.29 is 27.3 Å². The molecule has 0 radical (unpaired) electrons. The zero-order valence-corrected chi connectivity index (χ0v) is 18.4. The van der Waals surface area contributed by atoms with Crippen LogP contribution in [0.4, 0.5) is 23.7 Å². The highest BCUT2D eigenvalue weighted by molar-refractivity contribution is 7.68. The second-order valence-electron chi connectivity index (χ2n) is 7.30. The summed E-state index contributed by atoms with van der Waals surface area (Å²) in [5.41, 5.74) is 2.64. The van der Waals surface area contributed by atoms with Crippen LogP contribution in [0.15, 0.2) is 96.6 Å². The van der Waals surface area contributed by atoms with Crippen LogP contribution in [-0.4, -0.2) is 6.03 Å². The maximum atomic E-state index is 13.6. The molecule has 0 aliphatic carbocycles. The van der Waals surface area contributed by atoms with Gasteiger partial charge in [0.2, 0.25) is 7.29 Å². The highest BCUT2D eigenvalue weighted by Gasteiger charge is 2.31. The molecule has 3 aromatic rings. The Balaban J connectivity index is 1.54. The Morgan fingerprint density at radius 3 is 1.88 bits per heavy atom. The molecule has 1 aliphatic rings. The number of urea groups is 1. The Kier molecular flexibility index (Phi) is 6.58. The van der Waals surface area contributed by atoms with E-state index in [0.29, 0.717) is 22.6 Å². The molecule has 0 unspecified atom stereocenters. The molecule has 3 aromatic carbocycles. The lowest BCUT2D eigenvalue weighted by Crippen LogP contribution is -2.38. The van der Waals surface area contributed by atoms with E-state index in [9.17, 15) is 22.5 Å². The summed E-state index contributed by atoms with van der Waals surface area (Å²) in [5.74, 6) is 3.41. The molecule has 34 heavy (non-hydrogen) atoms. The lowest BCUT2D eigenvalue weighted by atomic mass is 10.2. The van der Waals surface area contributed by atoms with Crippen LogP contribution in [0.3, 0.4) is 0 Å². The van der Waals surface area contributed by atoms with Crippen molar-refractivity contribution in [1.82, 2.24) is 10.6 Å². The number of carbonyl (C=O) groups excluding carboxylic acids is 1. The van der Waals surface area contributed by atoms with E-state index in [1.165, 1.54) is 23.8 Å². The number of anilines is 1. The molecule has 0 aromatic heterocycles. The van der Waals surface area contributed by atoms with Crippen LogP contribution in [0, 0.1) is 0 Å². The number of alkyl halides is 3. The maximum Gasteiger partial charge on any atom is 0.416 e. The molecule has 0 bridgehead atoms. The highest BCUT2D eigenvalue weighted by Crippen LogP contribution is 2.52. The topological polar surface area (TPSA) is 79.5 Å². The number of hydrogen-bond donors (Lipinski definition) is 3. The van der Waals surface area contributed by atoms with Crippen LogP contribution in [0.5, 0.6) is 0 Å². The van der Waals surface area contributed by atoms with Crippen LogP contribution < -0.4 is 15.9 Å². The number of hydrazine groups is 1. The number of nitrogens with one attached hydrogen (secondary N) is 3. The van der Waals surface area contributed by atoms with Gasteiger partial charge >= 0.3 is 12.2 Å². The summed E-state index contributed by atoms with van der Waals surface area (Å²) in [6.45, 7) is 0. The normalized spacial score (nSPS) is 14.9. The smallest absolute Gasteiger partial charge is 0.416 e. The van der Waals surface area contributed by atoms with E-state index in [-0.39, 0.29) is 5.69 Å². The Hall–Kier alpha value is -3.81. The Labute approximate surface area is 193 Å². The molecule has 0 atom stereocenters. The van der Waals surface area contributed by atoms with E-state index in [2.05, 4.69) is 15.9 Å². The van der Waals surface area contributed by atoms with Gasteiger partial charge < -0.3 is 10.1 Å². The van der Waals surface area contributed by atoms with Gasteiger partial charge in [-0.05, 0) is 18.2 Å². The van der Waals surface area contributed by atoms with E-state index >= 15 is 0 Å². The summed E-state index contributed by atoms with van der Waals surface area (Å²) in [6.07, 6.45) is -4.55. The fraction of sp³-hybridized carbons (Fsp3) is 0.0417. The van der Waals surface area contributed by atoms with Crippen molar-refractivity contribution in [1.29, 1.82) is 0 Å². The van der Waals surface area contributed by atoms with Gasteiger partial charge in [-0.2, -0.15) is 18.4 Å². The number of rotatable bonds is 5. The number of benzene rings is 3. The minimum absolute atomic E-state index is 0.0691. The molecular weight excluding hydrogens is 466 g/mol. The zero-order valence-electron chi connectivity index (χ0n) is 17.5. The van der Waals surface area contributed by atoms with Crippen LogP contribution in [-0.2, 0) is 15.5 Å². The van der Waals surface area contributed by atoms with E-state index in [1.54, 1.807) is 48.5 Å². The first-order chi connectivity index (χ1) is 16.2. The zero-order chi connectivity index (χ0) is 24.2. The second-order valence-corrected chi connectivity index (χ2v) is 9.46. The lowest BCUT2D eigenvalue weighted by molar-refractivity contribution is -0.137. The summed E-state index contributed by atoms with van der Waals surface area (Å²) in [6, 6.07) is 21.3. The van der Waals surface area contributed by atoms with Gasteiger partial charge in [0.25, 0.3) is 0 Å². The average molecular weight is 485 g/mol. The summed E-state index contributed by atoms with van der Waals surface area (Å²) < 4.78 is 58.3. The molecule has 2 amide bonds. The van der Waals surface area contributed by atoms with Crippen LogP contribution in [0.1, 0.15) is 16.7 Å². The summed E-state index contributed by atoms with van der Waals surface area (Å²) in [7, 11) is -3.50. The van der Waals surface area contributed by atoms with E-state index < -0.39 is 25.1 Å². The molecule has 4 rings (SSSR count). The van der Waals surface area contributed by atoms with Crippen molar-refractivity contribution in [2.45, 2.75) is 6.18 Å². The van der Waals surface area contributed by atoms with Gasteiger partial charge in [0, 0.05) is 28.4 Å². The van der Waals surface area contributed by atoms with Crippen molar-refractivity contribution in [3.63, 3.8) is 0 Å². The monoisotopic (exact) mass is 485 g/mol. The predicted octanol–water partition coefficient (Wildman–Crippen LogP) is 6.64. The fourth-order valence-corrected chi connectivity index (χ4v) is 4.75. The summed E-state index contributed by atoms with van der Waals surface area (Å²) in [5, 5.41) is 4.79. The Bertz CT molecular complexity index is 1230. The van der Waals surface area contributed by atoms with Gasteiger partial charge in [-0.15, -0.1) is 0 Å². The van der Waals surface area contributed by atoms with Crippen molar-refractivity contribution >= 4 is 30.5 Å². The van der Waals surface area contributed by atoms with E-state index in [1.807, 2.05) is 12.1 Å². The molecule has 0 fully saturated rings. The van der Waals surface area contributed by atoms with Crippen LogP contribution >= 0.6 is 7.29 Å². The number of ether oxygens (including phenoxy) is 1. The van der Waals surface area contributed by atoms with E-state index in [4.69, 9.17) is 4.74 Å². The van der Waals surface area contributed by atoms with Gasteiger partial charge in [-0.3, -0.25) is 9.99 Å². The van der Waals surface area contributed by atoms with Crippen LogP contribution in [0.25, 0.3) is 11.5 Å². The average Bonchev–Trinajstić information content (AvgIpc) is 2.83. The van der Waals surface area contributed by atoms with Crippen molar-refractivity contribution in [3.05, 3.63) is 113 Å². The molecule has 1 aliphatic heterocycles. The number of halogens is 3. The first-order valence-electron chi connectivity index (χ1n) is 10.1. The SMILES string of the molecule is O=C(NNP1(=O)C=C(c2ccccc2)OC(c2ccccc2)=C1)Nc1cccc(C(F)(F)F)c1. The van der Waals surface area contributed by atoms with Gasteiger partial charge in [-0.1, -0.05) is 66.7 Å². The molecule has 0 spiro atoms. The minimum atomic E-state index is -4.55. The van der Waals surface area contributed by atoms with Gasteiger partial charge in [0.05, 0.1) is 5.56 Å². The van der Waals surface area contributed by atoms with E-state index in [0.717, 1.165) is 12.1 Å².